The average molecular weight is 986 g/mol. The number of carbonyl (C=O) groups excluding carboxylic acids is 1. The summed E-state index contributed by atoms with van der Waals surface area (Å²) in [6.07, 6.45) is 6.00. The van der Waals surface area contributed by atoms with E-state index in [1.807, 2.05) is 62.1 Å². The normalized spacial score (nSPS) is 15.5. The minimum Gasteiger partial charge on any atom is -0.478 e. The first kappa shape index (κ1) is 52.6. The number of nitrogens with one attached hydrogen (secondary N) is 1. The molecule has 2 saturated heterocycles. The topological polar surface area (TPSA) is 161 Å². The van der Waals surface area contributed by atoms with Gasteiger partial charge < -0.3 is 24.8 Å². The van der Waals surface area contributed by atoms with Crippen molar-refractivity contribution in [3.05, 3.63) is 150 Å². The number of halogens is 1. The number of carbonyl (C=O) groups is 2. The van der Waals surface area contributed by atoms with Gasteiger partial charge in [-0.3, -0.25) is 4.79 Å². The van der Waals surface area contributed by atoms with Crippen LogP contribution in [0.1, 0.15) is 131 Å². The number of likely N-dealkylation sites (tertiary alicyclic amines) is 1. The zero-order valence-corrected chi connectivity index (χ0v) is 41.5. The smallest absolute Gasteiger partial charge is 0.335 e. The molecule has 69 heavy (non-hydrogen) atoms. The third kappa shape index (κ3) is 12.5. The maximum absolute atomic E-state index is 13.5. The SMILES string of the molecule is C.Cc1cc(C)c(-c2nc3c(s2)COCC3)cc1C(=O)N1CCC(c2ccc(C#N)cc2)CC1.Cc1cc(C)c(-c2nc3c(s2)COCC3)cc1C(=O)O.Cl.N#Cc1ccc(C2CCNCC2)cc1. The molecule has 2 aromatic heterocycles. The summed E-state index contributed by atoms with van der Waals surface area (Å²) in [6.45, 7) is 14.3. The Morgan fingerprint density at radius 2 is 1.10 bits per heavy atom. The Morgan fingerprint density at radius 3 is 1.54 bits per heavy atom. The molecule has 10 rings (SSSR count). The molecule has 0 bridgehead atoms. The maximum atomic E-state index is 13.5. The minimum atomic E-state index is -0.895. The molecule has 0 radical (unpaired) electrons. The summed E-state index contributed by atoms with van der Waals surface area (Å²) in [5.74, 6) is 0.328. The molecule has 0 atom stereocenters. The van der Waals surface area contributed by atoms with Crippen LogP contribution in [0.3, 0.4) is 0 Å². The van der Waals surface area contributed by atoms with E-state index >= 15 is 0 Å². The number of amides is 1. The number of ether oxygens (including phenoxy) is 2. The molecule has 0 spiro atoms. The highest BCUT2D eigenvalue weighted by Gasteiger charge is 2.27. The molecule has 4 aliphatic rings. The summed E-state index contributed by atoms with van der Waals surface area (Å²) in [5, 5.41) is 32.2. The van der Waals surface area contributed by atoms with Crippen LogP contribution in [-0.4, -0.2) is 71.2 Å². The van der Waals surface area contributed by atoms with Gasteiger partial charge in [0, 0.05) is 42.6 Å². The maximum Gasteiger partial charge on any atom is 0.335 e. The number of piperidine rings is 2. The van der Waals surface area contributed by atoms with E-state index in [2.05, 4.69) is 59.7 Å². The molecule has 1 amide bonds. The monoisotopic (exact) mass is 984 g/mol. The van der Waals surface area contributed by atoms with Crippen molar-refractivity contribution in [2.45, 2.75) is 98.7 Å². The molecule has 11 nitrogen and oxygen atoms in total. The number of aryl methyl sites for hydroxylation is 4. The number of aromatic carboxylic acids is 1. The predicted octanol–water partition coefficient (Wildman–Crippen LogP) is 11.7. The lowest BCUT2D eigenvalue weighted by Crippen LogP contribution is -2.38. The van der Waals surface area contributed by atoms with E-state index in [-0.39, 0.29) is 25.7 Å². The fraction of sp³-hybridized carbons (Fsp3) is 0.382. The molecular weight excluding hydrogens is 924 g/mol. The lowest BCUT2D eigenvalue weighted by atomic mass is 9.88. The van der Waals surface area contributed by atoms with Crippen LogP contribution in [0.2, 0.25) is 0 Å². The average Bonchev–Trinajstić information content (AvgIpc) is 4.00. The Kier molecular flexibility index (Phi) is 18.4. The second kappa shape index (κ2) is 24.2. The highest BCUT2D eigenvalue weighted by atomic mass is 35.5. The van der Waals surface area contributed by atoms with E-state index in [0.29, 0.717) is 42.8 Å². The second-order valence-corrected chi connectivity index (χ2v) is 19.9. The fourth-order valence-electron chi connectivity index (χ4n) is 9.31. The van der Waals surface area contributed by atoms with Gasteiger partial charge in [0.15, 0.2) is 0 Å². The molecular formula is C55H61ClN6O5S2. The van der Waals surface area contributed by atoms with E-state index < -0.39 is 5.97 Å². The molecule has 360 valence electrons. The first-order valence-electron chi connectivity index (χ1n) is 23.1. The summed E-state index contributed by atoms with van der Waals surface area (Å²) < 4.78 is 11.0. The van der Waals surface area contributed by atoms with Gasteiger partial charge in [-0.1, -0.05) is 43.8 Å². The molecule has 0 unspecified atom stereocenters. The first-order chi connectivity index (χ1) is 32.5. The zero-order valence-electron chi connectivity index (χ0n) is 39.0. The number of carboxylic acid groups (broad SMARTS) is 1. The Bertz CT molecular complexity index is 2780. The first-order valence-corrected chi connectivity index (χ1v) is 24.7. The molecule has 6 aromatic rings. The highest BCUT2D eigenvalue weighted by Crippen LogP contribution is 2.37. The van der Waals surface area contributed by atoms with Crippen LogP contribution in [0.4, 0.5) is 0 Å². The number of hydrogen-bond acceptors (Lipinski definition) is 11. The third-order valence-electron chi connectivity index (χ3n) is 13.2. The van der Waals surface area contributed by atoms with E-state index in [9.17, 15) is 14.7 Å². The summed E-state index contributed by atoms with van der Waals surface area (Å²) in [6, 6.07) is 28.0. The Balaban J connectivity index is 0.000000185. The van der Waals surface area contributed by atoms with Gasteiger partial charge >= 0.3 is 5.97 Å². The van der Waals surface area contributed by atoms with Crippen LogP contribution in [0.15, 0.2) is 72.8 Å². The number of benzene rings is 4. The van der Waals surface area contributed by atoms with Crippen LogP contribution in [-0.2, 0) is 35.5 Å². The number of thiazole rings is 2. The van der Waals surface area contributed by atoms with Gasteiger partial charge in [-0.2, -0.15) is 10.5 Å². The molecule has 2 fully saturated rings. The number of aromatic nitrogens is 2. The number of nitriles is 2. The van der Waals surface area contributed by atoms with Gasteiger partial charge in [0.25, 0.3) is 5.91 Å². The van der Waals surface area contributed by atoms with Crippen LogP contribution in [0, 0.1) is 50.4 Å². The second-order valence-electron chi connectivity index (χ2n) is 17.7. The van der Waals surface area contributed by atoms with Crippen LogP contribution in [0.25, 0.3) is 21.1 Å². The Hall–Kier alpha value is -5.77. The number of nitrogens with zero attached hydrogens (tertiary/aromatic N) is 5. The predicted molar refractivity (Wildman–Crippen MR) is 277 cm³/mol. The molecule has 0 aliphatic carbocycles. The number of hydrogen-bond donors (Lipinski definition) is 2. The molecule has 0 saturated carbocycles. The van der Waals surface area contributed by atoms with E-state index in [1.54, 1.807) is 28.7 Å². The number of rotatable bonds is 6. The van der Waals surface area contributed by atoms with Gasteiger partial charge in [-0.05, 0) is 148 Å². The number of carboxylic acids is 1. The van der Waals surface area contributed by atoms with Gasteiger partial charge in [-0.25, -0.2) is 14.8 Å². The van der Waals surface area contributed by atoms with Gasteiger partial charge in [-0.15, -0.1) is 35.1 Å². The van der Waals surface area contributed by atoms with Crippen molar-refractivity contribution in [2.24, 2.45) is 0 Å². The quantitative estimate of drug-likeness (QED) is 0.164. The Morgan fingerprint density at radius 1 is 0.667 bits per heavy atom. The fourth-order valence-corrected chi connectivity index (χ4v) is 11.6. The van der Waals surface area contributed by atoms with E-state index in [1.165, 1.54) is 28.8 Å². The summed E-state index contributed by atoms with van der Waals surface area (Å²) >= 11 is 3.28. The molecule has 4 aliphatic heterocycles. The highest BCUT2D eigenvalue weighted by molar-refractivity contribution is 7.15. The van der Waals surface area contributed by atoms with Gasteiger partial charge in [0.05, 0.1) is 76.4 Å². The van der Waals surface area contributed by atoms with Crippen molar-refractivity contribution in [1.82, 2.24) is 20.2 Å². The number of fused-ring (bicyclic) bond motifs is 2. The molecule has 4 aromatic carbocycles. The van der Waals surface area contributed by atoms with Crippen molar-refractivity contribution in [3.63, 3.8) is 0 Å². The van der Waals surface area contributed by atoms with Gasteiger partial charge in [0.1, 0.15) is 10.0 Å². The van der Waals surface area contributed by atoms with Crippen molar-refractivity contribution < 1.29 is 24.2 Å². The zero-order chi connectivity index (χ0) is 47.0. The van der Waals surface area contributed by atoms with Crippen LogP contribution >= 0.6 is 35.1 Å². The van der Waals surface area contributed by atoms with E-state index in [0.717, 1.165) is 129 Å². The lowest BCUT2D eigenvalue weighted by molar-refractivity contribution is 0.0692. The summed E-state index contributed by atoms with van der Waals surface area (Å²) in [4.78, 5) is 38.6. The largest absolute Gasteiger partial charge is 0.478 e. The van der Waals surface area contributed by atoms with Crippen molar-refractivity contribution in [1.29, 1.82) is 10.5 Å². The van der Waals surface area contributed by atoms with Crippen LogP contribution < -0.4 is 5.32 Å². The molecule has 2 N–H and O–H groups in total. The molecule has 14 heteroatoms. The third-order valence-corrected chi connectivity index (χ3v) is 15.4. The summed E-state index contributed by atoms with van der Waals surface area (Å²) in [7, 11) is 0. The summed E-state index contributed by atoms with van der Waals surface area (Å²) in [5.41, 5.74) is 13.4. The molecule has 6 heterocycles. The van der Waals surface area contributed by atoms with Crippen molar-refractivity contribution in [3.8, 4) is 33.3 Å². The minimum absolute atomic E-state index is 0. The lowest BCUT2D eigenvalue weighted by Gasteiger charge is -2.32. The van der Waals surface area contributed by atoms with Crippen molar-refractivity contribution in [2.75, 3.05) is 39.4 Å². The van der Waals surface area contributed by atoms with Gasteiger partial charge in [0.2, 0.25) is 0 Å². The van der Waals surface area contributed by atoms with Crippen LogP contribution in [0.5, 0.6) is 0 Å². The standard InChI is InChI=1S/C27H27N3O2S.C15H15NO3S.C12H14N2.CH4.ClH/c1-17-13-18(2)23(14-22(17)26-29-24-9-12-32-16-25(24)33-26)27(31)30-10-7-21(8-11-30)20-5-3-19(15-28)4-6-20;1-8-5-9(2)11(15(17)18)6-10(8)14-16-12-3-4-19-7-13(12)20-14;13-9-10-1-3-11(4-2-10)12-5-7-14-8-6-12;;/h3-6,13-14,21H,7-12,16H2,1-2H3;5-6H,3-4,7H2,1-2H3,(H,17,18);1-4,12,14H,5-8H2;1H4;1H. The van der Waals surface area contributed by atoms with Crippen molar-refractivity contribution >= 4 is 47.0 Å². The van der Waals surface area contributed by atoms with E-state index in [4.69, 9.17) is 25.0 Å². The Labute approximate surface area is 420 Å².